The van der Waals surface area contributed by atoms with Gasteiger partial charge in [0.25, 0.3) is 0 Å². The molecule has 0 bridgehead atoms. The van der Waals surface area contributed by atoms with Gasteiger partial charge in [0.05, 0.1) is 12.0 Å². The highest BCUT2D eigenvalue weighted by Gasteiger charge is 2.25. The molecule has 0 saturated carbocycles. The fraction of sp³-hybridized carbons (Fsp3) is 0.261. The Balaban J connectivity index is 1.70. The highest BCUT2D eigenvalue weighted by Crippen LogP contribution is 2.22. The molecule has 9 heteroatoms. The first-order valence-corrected chi connectivity index (χ1v) is 13.2. The summed E-state index contributed by atoms with van der Waals surface area (Å²) in [4.78, 5) is 12.9. The molecule has 0 aliphatic heterocycles. The molecule has 0 heterocycles. The molecule has 32 heavy (non-hydrogen) atoms. The van der Waals surface area contributed by atoms with E-state index >= 15 is 0 Å². The Bertz CT molecular complexity index is 1180. The fourth-order valence-corrected chi connectivity index (χ4v) is 5.00. The number of fused-ring (bicyclic) bond motifs is 1. The van der Waals surface area contributed by atoms with Gasteiger partial charge in [0.1, 0.15) is 11.8 Å². The van der Waals surface area contributed by atoms with Gasteiger partial charge in [-0.25, -0.2) is 8.42 Å². The Morgan fingerprint density at radius 1 is 1.06 bits per heavy atom. The van der Waals surface area contributed by atoms with Crippen molar-refractivity contribution in [1.29, 1.82) is 0 Å². The van der Waals surface area contributed by atoms with E-state index in [9.17, 15) is 13.2 Å². The van der Waals surface area contributed by atoms with E-state index in [-0.39, 0.29) is 10.8 Å². The van der Waals surface area contributed by atoms with E-state index < -0.39 is 16.1 Å². The number of sulfonamides is 1. The van der Waals surface area contributed by atoms with E-state index in [4.69, 9.17) is 16.3 Å². The van der Waals surface area contributed by atoms with Crippen molar-refractivity contribution >= 4 is 50.1 Å². The van der Waals surface area contributed by atoms with E-state index in [0.717, 1.165) is 22.1 Å². The molecule has 3 aromatic carbocycles. The molecule has 3 aromatic rings. The summed E-state index contributed by atoms with van der Waals surface area (Å²) in [6.07, 6.45) is 2.28. The molecule has 2 N–H and O–H groups in total. The molecule has 0 radical (unpaired) electrons. The van der Waals surface area contributed by atoms with E-state index in [1.165, 1.54) is 24.3 Å². The summed E-state index contributed by atoms with van der Waals surface area (Å²) in [5.41, 5.74) is 0.917. The van der Waals surface area contributed by atoms with Crippen molar-refractivity contribution in [3.8, 4) is 5.75 Å². The van der Waals surface area contributed by atoms with Gasteiger partial charge in [0.2, 0.25) is 15.9 Å². The molecular weight excluding hydrogens is 468 g/mol. The lowest BCUT2D eigenvalue weighted by Crippen LogP contribution is -2.46. The van der Waals surface area contributed by atoms with Crippen molar-refractivity contribution in [2.75, 3.05) is 19.1 Å². The molecule has 0 aliphatic carbocycles. The second-order valence-electron chi connectivity index (χ2n) is 7.17. The van der Waals surface area contributed by atoms with Gasteiger partial charge in [-0.05, 0) is 77.2 Å². The smallest absolute Gasteiger partial charge is 0.241 e. The second-order valence-corrected chi connectivity index (χ2v) is 10.3. The lowest BCUT2D eigenvalue weighted by atomic mass is 10.1. The second kappa shape index (κ2) is 11.0. The average Bonchev–Trinajstić information content (AvgIpc) is 2.79. The van der Waals surface area contributed by atoms with Gasteiger partial charge >= 0.3 is 0 Å². The van der Waals surface area contributed by atoms with Crippen LogP contribution in [0.25, 0.3) is 10.8 Å². The number of carbonyl (C=O) groups is 1. The number of hydrogen-bond donors (Lipinski definition) is 2. The number of rotatable bonds is 10. The lowest BCUT2D eigenvalue weighted by molar-refractivity contribution is -0.122. The number of carbonyl (C=O) groups excluding carboxylic acids is 1. The zero-order chi connectivity index (χ0) is 23.1. The maximum Gasteiger partial charge on any atom is 0.241 e. The number of ether oxygens (including phenoxy) is 1. The number of hydrogen-bond acceptors (Lipinski definition) is 5. The van der Waals surface area contributed by atoms with Crippen molar-refractivity contribution in [3.63, 3.8) is 0 Å². The first kappa shape index (κ1) is 24.4. The fourth-order valence-electron chi connectivity index (χ4n) is 3.17. The number of methoxy groups -OCH3 is 1. The molecule has 1 amide bonds. The van der Waals surface area contributed by atoms with Crippen molar-refractivity contribution in [2.24, 2.45) is 0 Å². The van der Waals surface area contributed by atoms with Gasteiger partial charge < -0.3 is 10.1 Å². The van der Waals surface area contributed by atoms with Gasteiger partial charge in [-0.2, -0.15) is 16.5 Å². The third-order valence-electron chi connectivity index (χ3n) is 4.93. The van der Waals surface area contributed by atoms with Crippen molar-refractivity contribution in [1.82, 2.24) is 10.0 Å². The molecule has 0 aromatic heterocycles. The zero-order valence-electron chi connectivity index (χ0n) is 17.8. The van der Waals surface area contributed by atoms with Gasteiger partial charge in [-0.3, -0.25) is 4.79 Å². The average molecular weight is 493 g/mol. The molecule has 0 spiro atoms. The predicted molar refractivity (Wildman–Crippen MR) is 131 cm³/mol. The van der Waals surface area contributed by atoms with Crippen LogP contribution in [-0.2, 0) is 21.4 Å². The Kier molecular flexibility index (Phi) is 8.42. The van der Waals surface area contributed by atoms with Crippen LogP contribution in [0.15, 0.2) is 65.6 Å². The topological polar surface area (TPSA) is 84.5 Å². The third kappa shape index (κ3) is 6.38. The molecule has 1 atom stereocenters. The van der Waals surface area contributed by atoms with Gasteiger partial charge in [-0.1, -0.05) is 29.8 Å². The van der Waals surface area contributed by atoms with Crippen LogP contribution in [0.5, 0.6) is 5.75 Å². The largest absolute Gasteiger partial charge is 0.497 e. The van der Waals surface area contributed by atoms with Crippen LogP contribution in [0.2, 0.25) is 5.02 Å². The number of benzene rings is 3. The molecule has 6 nitrogen and oxygen atoms in total. The summed E-state index contributed by atoms with van der Waals surface area (Å²) in [6.45, 7) is 0.291. The Morgan fingerprint density at radius 3 is 2.44 bits per heavy atom. The van der Waals surface area contributed by atoms with Crippen LogP contribution >= 0.6 is 23.4 Å². The summed E-state index contributed by atoms with van der Waals surface area (Å²) in [7, 11) is -2.24. The van der Waals surface area contributed by atoms with Crippen molar-refractivity contribution in [2.45, 2.75) is 23.9 Å². The minimum Gasteiger partial charge on any atom is -0.497 e. The number of nitrogens with one attached hydrogen (secondary N) is 2. The van der Waals surface area contributed by atoms with Gasteiger partial charge in [-0.15, -0.1) is 0 Å². The highest BCUT2D eigenvalue weighted by molar-refractivity contribution is 7.98. The Labute approximate surface area is 197 Å². The minimum absolute atomic E-state index is 0.0637. The summed E-state index contributed by atoms with van der Waals surface area (Å²) in [6, 6.07) is 16.6. The van der Waals surface area contributed by atoms with E-state index in [1.807, 2.05) is 42.7 Å². The maximum absolute atomic E-state index is 12.8. The van der Waals surface area contributed by atoms with Crippen LogP contribution in [-0.4, -0.2) is 39.5 Å². The maximum atomic E-state index is 12.8. The van der Waals surface area contributed by atoms with E-state index in [1.54, 1.807) is 18.9 Å². The number of amides is 1. The normalized spacial score (nSPS) is 12.5. The number of thioether (sulfide) groups is 1. The van der Waals surface area contributed by atoms with Gasteiger partial charge in [0, 0.05) is 11.6 Å². The van der Waals surface area contributed by atoms with Crippen molar-refractivity contribution in [3.05, 3.63) is 71.2 Å². The molecule has 1 unspecified atom stereocenters. The zero-order valence-corrected chi connectivity index (χ0v) is 20.2. The molecule has 0 aliphatic rings. The van der Waals surface area contributed by atoms with Gasteiger partial charge in [0.15, 0.2) is 0 Å². The van der Waals surface area contributed by atoms with Crippen LogP contribution < -0.4 is 14.8 Å². The van der Waals surface area contributed by atoms with E-state index in [0.29, 0.717) is 23.7 Å². The third-order valence-corrected chi connectivity index (χ3v) is 7.31. The summed E-state index contributed by atoms with van der Waals surface area (Å²) in [5, 5.41) is 5.36. The van der Waals surface area contributed by atoms with Crippen LogP contribution in [0.3, 0.4) is 0 Å². The van der Waals surface area contributed by atoms with Crippen LogP contribution in [0.4, 0.5) is 0 Å². The van der Waals surface area contributed by atoms with Crippen molar-refractivity contribution < 1.29 is 17.9 Å². The Hall–Kier alpha value is -2.26. The Morgan fingerprint density at radius 2 is 1.75 bits per heavy atom. The lowest BCUT2D eigenvalue weighted by Gasteiger charge is -2.18. The summed E-state index contributed by atoms with van der Waals surface area (Å²) in [5.74, 6) is 1.05. The number of halogens is 1. The summed E-state index contributed by atoms with van der Waals surface area (Å²) >= 11 is 7.40. The molecule has 0 fully saturated rings. The minimum atomic E-state index is -3.86. The highest BCUT2D eigenvalue weighted by atomic mass is 35.5. The van der Waals surface area contributed by atoms with Crippen LogP contribution in [0, 0.1) is 0 Å². The molecule has 3 rings (SSSR count). The monoisotopic (exact) mass is 492 g/mol. The summed E-state index contributed by atoms with van der Waals surface area (Å²) < 4.78 is 33.3. The van der Waals surface area contributed by atoms with E-state index in [2.05, 4.69) is 10.0 Å². The van der Waals surface area contributed by atoms with Crippen LogP contribution in [0.1, 0.15) is 12.0 Å². The SMILES string of the molecule is COc1ccc2cc(CNC(=O)C(CCSC)NS(=O)(=O)c3ccc(Cl)cc3)ccc2c1. The standard InChI is InChI=1S/C23H25ClN2O4S2/c1-30-20-8-5-17-13-16(3-4-18(17)14-20)15-25-23(27)22(11-12-31-2)26-32(28,29)21-9-6-19(24)7-10-21/h3-10,13-14,22,26H,11-12,15H2,1-2H3,(H,25,27). The molecular formula is C23H25ClN2O4S2. The molecule has 0 saturated heterocycles. The first-order valence-electron chi connectivity index (χ1n) is 9.93. The first-order chi connectivity index (χ1) is 15.3. The predicted octanol–water partition coefficient (Wildman–Crippen LogP) is 4.22. The molecule has 170 valence electrons. The quantitative estimate of drug-likeness (QED) is 0.442.